The topological polar surface area (TPSA) is 63.2 Å². The largest absolute Gasteiger partial charge is 0.497 e. The van der Waals surface area contributed by atoms with Gasteiger partial charge in [0.15, 0.2) is 12.1 Å². The molecule has 0 radical (unpaired) electrons. The Bertz CT molecular complexity index is 1260. The van der Waals surface area contributed by atoms with Crippen molar-refractivity contribution < 1.29 is 28.2 Å². The first kappa shape index (κ1) is 29.4. The fourth-order valence-electron chi connectivity index (χ4n) is 5.81. The molecule has 3 aromatic rings. The fraction of sp³-hybridized carbons (Fsp3) is 0.382. The van der Waals surface area contributed by atoms with E-state index in [4.69, 9.17) is 23.4 Å². The summed E-state index contributed by atoms with van der Waals surface area (Å²) in [6, 6.07) is 28.7. The third kappa shape index (κ3) is 6.40. The SMILES string of the molecule is COc1ccc([C@@H]2OC[C@H]3O[C@@H](CCO[Si](c4ccccc4)(c4ccccc4)C(C)(C)C)C(=O)C/C=C\[C@@H]3O2)cc1. The molecule has 1 saturated heterocycles. The highest BCUT2D eigenvalue weighted by molar-refractivity contribution is 6.99. The molecule has 41 heavy (non-hydrogen) atoms. The Balaban J connectivity index is 1.31. The Morgan fingerprint density at radius 1 is 0.878 bits per heavy atom. The van der Waals surface area contributed by atoms with Crippen molar-refractivity contribution in [2.45, 2.75) is 63.3 Å². The Morgan fingerprint density at radius 3 is 2.10 bits per heavy atom. The minimum absolute atomic E-state index is 0.0445. The number of ketones is 1. The second kappa shape index (κ2) is 12.8. The summed E-state index contributed by atoms with van der Waals surface area (Å²) in [4.78, 5) is 13.2. The van der Waals surface area contributed by atoms with E-state index in [9.17, 15) is 4.79 Å². The van der Waals surface area contributed by atoms with Gasteiger partial charge in [-0.2, -0.15) is 0 Å². The van der Waals surface area contributed by atoms with E-state index in [0.717, 1.165) is 11.3 Å². The monoisotopic (exact) mass is 572 g/mol. The average Bonchev–Trinajstić information content (AvgIpc) is 2.98. The minimum Gasteiger partial charge on any atom is -0.497 e. The third-order valence-corrected chi connectivity index (χ3v) is 12.9. The lowest BCUT2D eigenvalue weighted by molar-refractivity contribution is -0.260. The summed E-state index contributed by atoms with van der Waals surface area (Å²) in [5.41, 5.74) is 0.908. The first-order valence-electron chi connectivity index (χ1n) is 14.3. The van der Waals surface area contributed by atoms with E-state index in [-0.39, 0.29) is 23.0 Å². The minimum atomic E-state index is -2.71. The maximum Gasteiger partial charge on any atom is 0.261 e. The van der Waals surface area contributed by atoms with Crippen LogP contribution in [0.3, 0.4) is 0 Å². The van der Waals surface area contributed by atoms with Gasteiger partial charge < -0.3 is 23.4 Å². The average molecular weight is 573 g/mol. The van der Waals surface area contributed by atoms with Crippen molar-refractivity contribution in [3.63, 3.8) is 0 Å². The highest BCUT2D eigenvalue weighted by atomic mass is 28.4. The van der Waals surface area contributed by atoms with Gasteiger partial charge in [0.05, 0.1) is 13.7 Å². The van der Waals surface area contributed by atoms with E-state index < -0.39 is 20.7 Å². The molecule has 3 aromatic carbocycles. The van der Waals surface area contributed by atoms with Gasteiger partial charge in [-0.1, -0.05) is 106 Å². The molecule has 2 heterocycles. The van der Waals surface area contributed by atoms with Gasteiger partial charge in [0.25, 0.3) is 8.32 Å². The molecule has 0 spiro atoms. The van der Waals surface area contributed by atoms with Gasteiger partial charge in [0.1, 0.15) is 24.1 Å². The number of carbonyl (C=O) groups is 1. The molecule has 4 atom stereocenters. The number of hydrogen-bond donors (Lipinski definition) is 0. The Kier molecular flexibility index (Phi) is 9.21. The van der Waals surface area contributed by atoms with E-state index in [0.29, 0.717) is 26.1 Å². The number of benzene rings is 3. The van der Waals surface area contributed by atoms with Crippen LogP contribution in [0.1, 0.15) is 45.5 Å². The summed E-state index contributed by atoms with van der Waals surface area (Å²) in [6.07, 6.45) is 2.77. The van der Waals surface area contributed by atoms with Crippen LogP contribution < -0.4 is 15.1 Å². The van der Waals surface area contributed by atoms with Gasteiger partial charge in [-0.15, -0.1) is 0 Å². The van der Waals surface area contributed by atoms with Crippen molar-refractivity contribution in [1.29, 1.82) is 0 Å². The Labute approximate surface area is 244 Å². The number of carbonyl (C=O) groups excluding carboxylic acids is 1. The first-order chi connectivity index (χ1) is 19.8. The lowest BCUT2D eigenvalue weighted by Crippen LogP contribution is -2.66. The molecule has 5 rings (SSSR count). The molecule has 216 valence electrons. The zero-order valence-corrected chi connectivity index (χ0v) is 25.3. The van der Waals surface area contributed by atoms with Crippen LogP contribution in [-0.2, 0) is 23.4 Å². The second-order valence-electron chi connectivity index (χ2n) is 11.6. The zero-order chi connectivity index (χ0) is 28.9. The molecule has 0 aromatic heterocycles. The Hall–Kier alpha value is -3.07. The highest BCUT2D eigenvalue weighted by Gasteiger charge is 2.50. The van der Waals surface area contributed by atoms with Crippen molar-refractivity contribution in [3.8, 4) is 5.75 Å². The lowest BCUT2D eigenvalue weighted by atomic mass is 10.0. The molecule has 0 amide bonds. The quantitative estimate of drug-likeness (QED) is 0.268. The summed E-state index contributed by atoms with van der Waals surface area (Å²) in [5.74, 6) is 0.821. The van der Waals surface area contributed by atoms with Crippen LogP contribution in [-0.4, -0.2) is 52.7 Å². The fourth-order valence-corrected chi connectivity index (χ4v) is 10.4. The maximum absolute atomic E-state index is 13.2. The molecule has 2 aliphatic rings. The Morgan fingerprint density at radius 2 is 1.51 bits per heavy atom. The summed E-state index contributed by atoms with van der Waals surface area (Å²) in [7, 11) is -1.07. The predicted octanol–water partition coefficient (Wildman–Crippen LogP) is 5.36. The van der Waals surface area contributed by atoms with Gasteiger partial charge in [-0.25, -0.2) is 0 Å². The van der Waals surface area contributed by atoms with Crippen molar-refractivity contribution in [2.24, 2.45) is 0 Å². The van der Waals surface area contributed by atoms with Crippen LogP contribution >= 0.6 is 0 Å². The van der Waals surface area contributed by atoms with Gasteiger partial charge in [-0.3, -0.25) is 4.79 Å². The number of hydrogen-bond acceptors (Lipinski definition) is 6. The summed E-state index contributed by atoms with van der Waals surface area (Å²) in [6.45, 7) is 7.48. The zero-order valence-electron chi connectivity index (χ0n) is 24.3. The molecule has 0 N–H and O–H groups in total. The first-order valence-corrected chi connectivity index (χ1v) is 16.2. The maximum atomic E-state index is 13.2. The molecule has 2 aliphatic heterocycles. The van der Waals surface area contributed by atoms with Crippen LogP contribution in [0.5, 0.6) is 5.75 Å². The molecule has 1 fully saturated rings. The van der Waals surface area contributed by atoms with Crippen molar-refractivity contribution in [1.82, 2.24) is 0 Å². The normalized spacial score (nSPS) is 24.1. The lowest BCUT2D eigenvalue weighted by Gasteiger charge is -2.43. The third-order valence-electron chi connectivity index (χ3n) is 7.91. The van der Waals surface area contributed by atoms with Crippen molar-refractivity contribution >= 4 is 24.5 Å². The smallest absolute Gasteiger partial charge is 0.261 e. The van der Waals surface area contributed by atoms with Crippen LogP contribution in [0.25, 0.3) is 0 Å². The predicted molar refractivity (Wildman–Crippen MR) is 162 cm³/mol. The highest BCUT2D eigenvalue weighted by Crippen LogP contribution is 2.37. The number of fused-ring (bicyclic) bond motifs is 1. The number of rotatable bonds is 8. The molecule has 6 nitrogen and oxygen atoms in total. The summed E-state index contributed by atoms with van der Waals surface area (Å²) in [5, 5.41) is 2.28. The summed E-state index contributed by atoms with van der Waals surface area (Å²) >= 11 is 0. The summed E-state index contributed by atoms with van der Waals surface area (Å²) < 4.78 is 31.0. The van der Waals surface area contributed by atoms with Crippen LogP contribution in [0, 0.1) is 0 Å². The van der Waals surface area contributed by atoms with E-state index in [1.165, 1.54) is 10.4 Å². The van der Waals surface area contributed by atoms with Crippen molar-refractivity contribution in [2.75, 3.05) is 20.3 Å². The van der Waals surface area contributed by atoms with E-state index in [1.54, 1.807) is 7.11 Å². The number of ether oxygens (including phenoxy) is 4. The van der Waals surface area contributed by atoms with Gasteiger partial charge in [0, 0.05) is 25.0 Å². The van der Waals surface area contributed by atoms with Gasteiger partial charge in [-0.05, 0) is 27.5 Å². The molecular formula is C34H40O6Si. The molecule has 0 unspecified atom stereocenters. The number of methoxy groups -OCH3 is 1. The standard InChI is InChI=1S/C34H40O6Si/c1-34(2,3)41(27-12-7-5-8-13-27,28-14-9-6-10-15-28)38-23-22-30-29(35)16-11-17-31-32(39-30)24-37-33(40-31)25-18-20-26(36-4)21-19-25/h5-15,17-21,30-33H,16,22-24H2,1-4H3/b17-11-/t30-,31-,32+,33+/m0/s1. The number of allylic oxidation sites excluding steroid dienone is 1. The van der Waals surface area contributed by atoms with E-state index in [2.05, 4.69) is 69.3 Å². The second-order valence-corrected chi connectivity index (χ2v) is 15.9. The molecule has 7 heteroatoms. The van der Waals surface area contributed by atoms with Crippen molar-refractivity contribution in [3.05, 3.63) is 103 Å². The molecular weight excluding hydrogens is 532 g/mol. The van der Waals surface area contributed by atoms with E-state index in [1.807, 2.05) is 48.6 Å². The van der Waals surface area contributed by atoms with Crippen LogP contribution in [0.4, 0.5) is 0 Å². The molecule has 0 aliphatic carbocycles. The molecule has 0 bridgehead atoms. The van der Waals surface area contributed by atoms with E-state index >= 15 is 0 Å². The van der Waals surface area contributed by atoms with Gasteiger partial charge in [0.2, 0.25) is 0 Å². The molecule has 0 saturated carbocycles. The van der Waals surface area contributed by atoms with Crippen LogP contribution in [0.2, 0.25) is 5.04 Å². The van der Waals surface area contributed by atoms with Gasteiger partial charge >= 0.3 is 0 Å². The van der Waals surface area contributed by atoms with Crippen LogP contribution in [0.15, 0.2) is 97.1 Å². The number of Topliss-reactive ketones (excluding diaryl/α,β-unsaturated/α-hetero) is 1.